The van der Waals surface area contributed by atoms with Crippen molar-refractivity contribution in [2.75, 3.05) is 26.2 Å². The maximum Gasteiger partial charge on any atom is 0.226 e. The van der Waals surface area contributed by atoms with Gasteiger partial charge in [-0.2, -0.15) is 0 Å². The zero-order valence-corrected chi connectivity index (χ0v) is 17.3. The largest absolute Gasteiger partial charge is 0.493 e. The number of carbonyl (C=O) groups excluding carboxylic acids is 1. The normalized spacial score (nSPS) is 16.7. The predicted molar refractivity (Wildman–Crippen MR) is 109 cm³/mol. The van der Waals surface area contributed by atoms with Gasteiger partial charge in [0.25, 0.3) is 0 Å². The van der Waals surface area contributed by atoms with Crippen molar-refractivity contribution in [3.63, 3.8) is 0 Å². The predicted octanol–water partition coefficient (Wildman–Crippen LogP) is 2.71. The molecule has 0 spiro atoms. The summed E-state index contributed by atoms with van der Waals surface area (Å²) < 4.78 is 7.91. The van der Waals surface area contributed by atoms with Crippen LogP contribution in [-0.2, 0) is 11.8 Å². The summed E-state index contributed by atoms with van der Waals surface area (Å²) in [6.07, 6.45) is 4.06. The Balaban J connectivity index is 0.00000261. The fraction of sp³-hybridized carbons (Fsp3) is 0.500. The van der Waals surface area contributed by atoms with Gasteiger partial charge in [0, 0.05) is 39.1 Å². The highest BCUT2D eigenvalue weighted by Crippen LogP contribution is 2.24. The van der Waals surface area contributed by atoms with Crippen LogP contribution < -0.4 is 10.1 Å². The molecule has 3 rings (SSSR count). The summed E-state index contributed by atoms with van der Waals surface area (Å²) in [5, 5.41) is 3.36. The van der Waals surface area contributed by atoms with Crippen molar-refractivity contribution in [2.45, 2.75) is 33.2 Å². The summed E-state index contributed by atoms with van der Waals surface area (Å²) in [6, 6.07) is 4.15. The van der Waals surface area contributed by atoms with E-state index < -0.39 is 0 Å². The second-order valence-corrected chi connectivity index (χ2v) is 7.01. The lowest BCUT2D eigenvalue weighted by Crippen LogP contribution is -2.49. The van der Waals surface area contributed by atoms with E-state index in [2.05, 4.69) is 37.1 Å². The molecule has 7 heteroatoms. The minimum atomic E-state index is -0.0285. The lowest BCUT2D eigenvalue weighted by atomic mass is 10.1. The second kappa shape index (κ2) is 9.24. The van der Waals surface area contributed by atoms with E-state index in [1.54, 1.807) is 6.20 Å². The standard InChI is InChI=1S/C20H28N4O2.ClH/c1-14-11-15(2)16(3)18(12-14)26-10-5-19(25)24-9-6-21-13-17(24)20-22-7-8-23(20)4;/h7-8,11-12,17,21H,5-6,9-10,13H2,1-4H3;1H. The van der Waals surface area contributed by atoms with Crippen LogP contribution in [0.15, 0.2) is 24.5 Å². The highest BCUT2D eigenvalue weighted by Gasteiger charge is 2.30. The molecule has 148 valence electrons. The first-order valence-electron chi connectivity index (χ1n) is 9.15. The third-order valence-corrected chi connectivity index (χ3v) is 5.06. The molecule has 1 N–H and O–H groups in total. The van der Waals surface area contributed by atoms with Crippen molar-refractivity contribution >= 4 is 18.3 Å². The van der Waals surface area contributed by atoms with Crippen LogP contribution in [0.1, 0.15) is 35.0 Å². The van der Waals surface area contributed by atoms with E-state index in [-0.39, 0.29) is 24.4 Å². The number of benzene rings is 1. The third kappa shape index (κ3) is 4.82. The molecule has 1 saturated heterocycles. The van der Waals surface area contributed by atoms with E-state index in [1.165, 1.54) is 11.1 Å². The average Bonchev–Trinajstić information content (AvgIpc) is 3.04. The van der Waals surface area contributed by atoms with Gasteiger partial charge >= 0.3 is 0 Å². The van der Waals surface area contributed by atoms with E-state index in [4.69, 9.17) is 4.74 Å². The van der Waals surface area contributed by atoms with Gasteiger partial charge in [0.15, 0.2) is 0 Å². The van der Waals surface area contributed by atoms with Crippen molar-refractivity contribution in [2.24, 2.45) is 7.05 Å². The first kappa shape index (κ1) is 21.3. The summed E-state index contributed by atoms with van der Waals surface area (Å²) in [7, 11) is 1.96. The van der Waals surface area contributed by atoms with Gasteiger partial charge in [-0.3, -0.25) is 4.79 Å². The van der Waals surface area contributed by atoms with Crippen LogP contribution in [0.5, 0.6) is 5.75 Å². The van der Waals surface area contributed by atoms with Crippen molar-refractivity contribution in [1.82, 2.24) is 19.8 Å². The molecule has 1 atom stereocenters. The van der Waals surface area contributed by atoms with Crippen molar-refractivity contribution in [3.8, 4) is 5.75 Å². The Morgan fingerprint density at radius 3 is 2.81 bits per heavy atom. The zero-order chi connectivity index (χ0) is 18.7. The Bertz CT molecular complexity index is 790. The fourth-order valence-electron chi connectivity index (χ4n) is 3.47. The van der Waals surface area contributed by atoms with Gasteiger partial charge < -0.3 is 19.5 Å². The molecule has 6 nitrogen and oxygen atoms in total. The molecule has 1 unspecified atom stereocenters. The second-order valence-electron chi connectivity index (χ2n) is 7.01. The quantitative estimate of drug-likeness (QED) is 0.849. The number of hydrogen-bond donors (Lipinski definition) is 1. The molecule has 27 heavy (non-hydrogen) atoms. The van der Waals surface area contributed by atoms with Crippen LogP contribution >= 0.6 is 12.4 Å². The van der Waals surface area contributed by atoms with Crippen LogP contribution in [0.2, 0.25) is 0 Å². The van der Waals surface area contributed by atoms with E-state index in [0.29, 0.717) is 19.6 Å². The highest BCUT2D eigenvalue weighted by atomic mass is 35.5. The Labute approximate surface area is 167 Å². The summed E-state index contributed by atoms with van der Waals surface area (Å²) in [5.74, 6) is 1.90. The molecule has 1 aliphatic rings. The molecule has 1 aromatic heterocycles. The van der Waals surface area contributed by atoms with Crippen molar-refractivity contribution in [3.05, 3.63) is 47.0 Å². The number of hydrogen-bond acceptors (Lipinski definition) is 4. The molecule has 1 fully saturated rings. The van der Waals surface area contributed by atoms with Crippen LogP contribution in [0.4, 0.5) is 0 Å². The summed E-state index contributed by atoms with van der Waals surface area (Å²) in [6.45, 7) is 8.82. The van der Waals surface area contributed by atoms with E-state index >= 15 is 0 Å². The number of rotatable bonds is 5. The first-order valence-corrected chi connectivity index (χ1v) is 9.15. The minimum Gasteiger partial charge on any atom is -0.493 e. The summed E-state index contributed by atoms with van der Waals surface area (Å²) >= 11 is 0. The number of halogens is 1. The molecule has 0 bridgehead atoms. The van der Waals surface area contributed by atoms with E-state index in [0.717, 1.165) is 30.2 Å². The number of aryl methyl sites for hydroxylation is 3. The molecule has 1 aromatic carbocycles. The van der Waals surface area contributed by atoms with Crippen molar-refractivity contribution in [1.29, 1.82) is 0 Å². The molecule has 0 radical (unpaired) electrons. The summed E-state index contributed by atoms with van der Waals surface area (Å²) in [5.41, 5.74) is 3.52. The van der Waals surface area contributed by atoms with Gasteiger partial charge in [0.05, 0.1) is 13.0 Å². The maximum absolute atomic E-state index is 12.8. The van der Waals surface area contributed by atoms with E-state index in [9.17, 15) is 4.79 Å². The number of nitrogens with zero attached hydrogens (tertiary/aromatic N) is 3. The summed E-state index contributed by atoms with van der Waals surface area (Å²) in [4.78, 5) is 19.2. The number of amides is 1. The highest BCUT2D eigenvalue weighted by molar-refractivity contribution is 5.85. The van der Waals surface area contributed by atoms with E-state index in [1.807, 2.05) is 28.8 Å². The fourth-order valence-corrected chi connectivity index (χ4v) is 3.47. The van der Waals surface area contributed by atoms with Crippen molar-refractivity contribution < 1.29 is 9.53 Å². The van der Waals surface area contributed by atoms with Crippen LogP contribution in [0, 0.1) is 20.8 Å². The SMILES string of the molecule is Cc1cc(C)c(C)c(OCCC(=O)N2CCNCC2c2nccn2C)c1.Cl. The lowest BCUT2D eigenvalue weighted by Gasteiger charge is -2.35. The Hall–Kier alpha value is -2.05. The number of ether oxygens (including phenoxy) is 1. The average molecular weight is 393 g/mol. The molecule has 1 amide bonds. The monoisotopic (exact) mass is 392 g/mol. The van der Waals surface area contributed by atoms with Gasteiger partial charge in [0.1, 0.15) is 17.6 Å². The number of carbonyl (C=O) groups is 1. The first-order chi connectivity index (χ1) is 12.5. The molecule has 2 aromatic rings. The van der Waals surface area contributed by atoms with Gasteiger partial charge in [0.2, 0.25) is 5.91 Å². The molecular formula is C20H29ClN4O2. The lowest BCUT2D eigenvalue weighted by molar-refractivity contribution is -0.135. The van der Waals surface area contributed by atoms with Crippen LogP contribution in [-0.4, -0.2) is 46.6 Å². The topological polar surface area (TPSA) is 59.4 Å². The van der Waals surface area contributed by atoms with Gasteiger partial charge in [-0.05, 0) is 43.5 Å². The maximum atomic E-state index is 12.8. The molecule has 2 heterocycles. The molecule has 1 aliphatic heterocycles. The number of piperazine rings is 1. The number of nitrogens with one attached hydrogen (secondary N) is 1. The number of aromatic nitrogens is 2. The third-order valence-electron chi connectivity index (χ3n) is 5.06. The number of imidazole rings is 1. The zero-order valence-electron chi connectivity index (χ0n) is 16.5. The van der Waals surface area contributed by atoms with Gasteiger partial charge in [-0.25, -0.2) is 4.98 Å². The molecular weight excluding hydrogens is 364 g/mol. The van der Waals surface area contributed by atoms with Gasteiger partial charge in [-0.15, -0.1) is 12.4 Å². The molecule has 0 aliphatic carbocycles. The van der Waals surface area contributed by atoms with Crippen LogP contribution in [0.25, 0.3) is 0 Å². The Morgan fingerprint density at radius 2 is 2.11 bits per heavy atom. The van der Waals surface area contributed by atoms with Crippen LogP contribution in [0.3, 0.4) is 0 Å². The molecule has 0 saturated carbocycles. The van der Waals surface area contributed by atoms with Gasteiger partial charge in [-0.1, -0.05) is 6.07 Å². The Kier molecular flexibility index (Phi) is 7.27. The Morgan fingerprint density at radius 1 is 1.33 bits per heavy atom. The smallest absolute Gasteiger partial charge is 0.226 e. The minimum absolute atomic E-state index is 0.